The molecule has 2 heterocycles. The first-order valence-electron chi connectivity index (χ1n) is 6.43. The highest BCUT2D eigenvalue weighted by atomic mass is 15.0. The second kappa shape index (κ2) is 3.61. The van der Waals surface area contributed by atoms with Crippen LogP contribution in [0.15, 0.2) is 24.4 Å². The van der Waals surface area contributed by atoms with Crippen LogP contribution in [0.2, 0.25) is 0 Å². The molecule has 0 saturated heterocycles. The van der Waals surface area contributed by atoms with Gasteiger partial charge in [0.15, 0.2) is 0 Å². The van der Waals surface area contributed by atoms with Crippen LogP contribution in [0.25, 0.3) is 10.9 Å². The molecule has 0 unspecified atom stereocenters. The van der Waals surface area contributed by atoms with Gasteiger partial charge in [-0.25, -0.2) is 0 Å². The van der Waals surface area contributed by atoms with Crippen molar-refractivity contribution in [3.63, 3.8) is 0 Å². The summed E-state index contributed by atoms with van der Waals surface area (Å²) in [7, 11) is 2.03. The van der Waals surface area contributed by atoms with Gasteiger partial charge in [-0.15, -0.1) is 0 Å². The van der Waals surface area contributed by atoms with Gasteiger partial charge in [0.2, 0.25) is 0 Å². The van der Waals surface area contributed by atoms with Crippen molar-refractivity contribution < 1.29 is 0 Å². The minimum atomic E-state index is 0.0342. The first-order chi connectivity index (χ1) is 8.13. The molecule has 0 aliphatic carbocycles. The van der Waals surface area contributed by atoms with E-state index in [9.17, 15) is 0 Å². The van der Waals surface area contributed by atoms with Crippen molar-refractivity contribution >= 4 is 10.9 Å². The van der Waals surface area contributed by atoms with E-state index in [4.69, 9.17) is 0 Å². The predicted molar refractivity (Wildman–Crippen MR) is 72.3 cm³/mol. The van der Waals surface area contributed by atoms with E-state index in [2.05, 4.69) is 48.1 Å². The smallest absolute Gasteiger partial charge is 0.0516 e. The maximum atomic E-state index is 3.41. The number of aryl methyl sites for hydroxylation is 2. The Hall–Kier alpha value is -1.28. The van der Waals surface area contributed by atoms with Crippen molar-refractivity contribution in [1.82, 2.24) is 9.88 Å². The maximum Gasteiger partial charge on any atom is 0.0516 e. The van der Waals surface area contributed by atoms with Gasteiger partial charge in [-0.1, -0.05) is 18.2 Å². The lowest BCUT2D eigenvalue weighted by Gasteiger charge is -2.23. The third-order valence-electron chi connectivity index (χ3n) is 4.13. The summed E-state index contributed by atoms with van der Waals surface area (Å²) < 4.78 is 2.43. The Balaban J connectivity index is 2.33. The Kier molecular flexibility index (Phi) is 2.30. The largest absolute Gasteiger partial charge is 0.347 e. The van der Waals surface area contributed by atoms with Crippen LogP contribution < -0.4 is 5.32 Å². The molecule has 1 aromatic carbocycles. The molecular formula is C15H20N2. The first-order valence-corrected chi connectivity index (χ1v) is 6.43. The van der Waals surface area contributed by atoms with Gasteiger partial charge in [0.05, 0.1) is 5.52 Å². The summed E-state index contributed by atoms with van der Waals surface area (Å²) >= 11 is 0. The van der Waals surface area contributed by atoms with E-state index in [1.54, 1.807) is 0 Å². The van der Waals surface area contributed by atoms with Crippen molar-refractivity contribution in [2.75, 3.05) is 7.05 Å². The molecule has 1 aliphatic heterocycles. The van der Waals surface area contributed by atoms with E-state index in [0.717, 1.165) is 6.54 Å². The van der Waals surface area contributed by atoms with Gasteiger partial charge < -0.3 is 9.88 Å². The molecule has 2 nitrogen and oxygen atoms in total. The van der Waals surface area contributed by atoms with Crippen LogP contribution in [0.1, 0.15) is 31.4 Å². The minimum absolute atomic E-state index is 0.0342. The Bertz CT molecular complexity index is 564. The fourth-order valence-electron chi connectivity index (χ4n) is 2.89. The summed E-state index contributed by atoms with van der Waals surface area (Å²) in [6.45, 7) is 5.65. The molecule has 2 heteroatoms. The van der Waals surface area contributed by atoms with Gasteiger partial charge in [0.25, 0.3) is 0 Å². The molecule has 90 valence electrons. The lowest BCUT2D eigenvalue weighted by atomic mass is 9.93. The van der Waals surface area contributed by atoms with Crippen molar-refractivity contribution in [1.29, 1.82) is 0 Å². The quantitative estimate of drug-likeness (QED) is 0.836. The predicted octanol–water partition coefficient (Wildman–Crippen LogP) is 3.04. The molecule has 0 bridgehead atoms. The molecule has 1 aromatic heterocycles. The fourth-order valence-corrected chi connectivity index (χ4v) is 2.89. The summed E-state index contributed by atoms with van der Waals surface area (Å²) in [6.07, 6.45) is 4.82. The highest BCUT2D eigenvalue weighted by Gasteiger charge is 2.25. The van der Waals surface area contributed by atoms with Gasteiger partial charge in [-0.2, -0.15) is 0 Å². The van der Waals surface area contributed by atoms with Gasteiger partial charge in [-0.3, -0.25) is 0 Å². The van der Waals surface area contributed by atoms with Crippen molar-refractivity contribution in [3.05, 3.63) is 35.5 Å². The molecule has 2 aromatic rings. The molecule has 17 heavy (non-hydrogen) atoms. The Morgan fingerprint density at radius 1 is 1.29 bits per heavy atom. The zero-order chi connectivity index (χ0) is 12.0. The highest BCUT2D eigenvalue weighted by Crippen LogP contribution is 2.34. The number of hydrogen-bond acceptors (Lipinski definition) is 1. The average Bonchev–Trinajstić information content (AvgIpc) is 2.72. The molecule has 1 N–H and O–H groups in total. The summed E-state index contributed by atoms with van der Waals surface area (Å²) in [5.74, 6) is 0. The normalized spacial score (nSPS) is 15.5. The van der Waals surface area contributed by atoms with Crippen LogP contribution in [0, 0.1) is 0 Å². The molecule has 1 aliphatic rings. The van der Waals surface area contributed by atoms with Gasteiger partial charge in [-0.05, 0) is 44.9 Å². The summed E-state index contributed by atoms with van der Waals surface area (Å²) in [6, 6.07) is 6.73. The minimum Gasteiger partial charge on any atom is -0.347 e. The monoisotopic (exact) mass is 228 g/mol. The zero-order valence-electron chi connectivity index (χ0n) is 10.9. The van der Waals surface area contributed by atoms with E-state index in [-0.39, 0.29) is 5.54 Å². The lowest BCUT2D eigenvalue weighted by Crippen LogP contribution is -2.32. The number of nitrogens with one attached hydrogen (secondary N) is 1. The second-order valence-electron chi connectivity index (χ2n) is 5.53. The average molecular weight is 228 g/mol. The maximum absolute atomic E-state index is 3.41. The van der Waals surface area contributed by atoms with E-state index < -0.39 is 0 Å². The van der Waals surface area contributed by atoms with Crippen LogP contribution in [0.4, 0.5) is 0 Å². The summed E-state index contributed by atoms with van der Waals surface area (Å²) in [4.78, 5) is 0. The third kappa shape index (κ3) is 1.51. The van der Waals surface area contributed by atoms with E-state index in [1.807, 2.05) is 7.05 Å². The number of nitrogens with zero attached hydrogens (tertiary/aromatic N) is 1. The molecule has 0 radical (unpaired) electrons. The number of aromatic nitrogens is 1. The van der Waals surface area contributed by atoms with Crippen molar-refractivity contribution in [3.8, 4) is 0 Å². The zero-order valence-corrected chi connectivity index (χ0v) is 10.9. The van der Waals surface area contributed by atoms with Crippen molar-refractivity contribution in [2.45, 2.75) is 38.8 Å². The van der Waals surface area contributed by atoms with Gasteiger partial charge >= 0.3 is 0 Å². The number of benzene rings is 1. The molecule has 0 fully saturated rings. The SMILES string of the molecule is CNC(C)(C)c1cn2c3c(cccc13)CCC2. The Morgan fingerprint density at radius 3 is 2.88 bits per heavy atom. The van der Waals surface area contributed by atoms with E-state index in [1.165, 1.54) is 34.9 Å². The summed E-state index contributed by atoms with van der Waals surface area (Å²) in [5, 5.41) is 4.83. The molecule has 0 spiro atoms. The third-order valence-corrected chi connectivity index (χ3v) is 4.13. The molecule has 0 amide bonds. The van der Waals surface area contributed by atoms with Crippen molar-refractivity contribution in [2.24, 2.45) is 0 Å². The number of rotatable bonds is 2. The summed E-state index contributed by atoms with van der Waals surface area (Å²) in [5.41, 5.74) is 4.41. The molecular weight excluding hydrogens is 208 g/mol. The van der Waals surface area contributed by atoms with Crippen LogP contribution in [0.5, 0.6) is 0 Å². The van der Waals surface area contributed by atoms with E-state index >= 15 is 0 Å². The van der Waals surface area contributed by atoms with Gasteiger partial charge in [0, 0.05) is 23.7 Å². The molecule has 0 atom stereocenters. The first kappa shape index (κ1) is 10.8. The van der Waals surface area contributed by atoms with Crippen LogP contribution in [0.3, 0.4) is 0 Å². The Labute approximate surface area is 103 Å². The molecule has 0 saturated carbocycles. The fraction of sp³-hybridized carbons (Fsp3) is 0.467. The number of para-hydroxylation sites is 1. The lowest BCUT2D eigenvalue weighted by molar-refractivity contribution is 0.446. The topological polar surface area (TPSA) is 17.0 Å². The molecule has 3 rings (SSSR count). The van der Waals surface area contributed by atoms with Crippen LogP contribution in [-0.2, 0) is 18.5 Å². The number of hydrogen-bond donors (Lipinski definition) is 1. The highest BCUT2D eigenvalue weighted by molar-refractivity contribution is 5.88. The van der Waals surface area contributed by atoms with Crippen LogP contribution in [-0.4, -0.2) is 11.6 Å². The van der Waals surface area contributed by atoms with E-state index in [0.29, 0.717) is 0 Å². The standard InChI is InChI=1S/C15H20N2/c1-15(2,16-3)13-10-17-9-5-7-11-6-4-8-12(13)14(11)17/h4,6,8,10,16H,5,7,9H2,1-3H3. The Morgan fingerprint density at radius 2 is 2.12 bits per heavy atom. The van der Waals surface area contributed by atoms with Crippen LogP contribution >= 0.6 is 0 Å². The second-order valence-corrected chi connectivity index (χ2v) is 5.53. The van der Waals surface area contributed by atoms with Gasteiger partial charge in [0.1, 0.15) is 0 Å².